The number of pyridine rings is 1. The van der Waals surface area contributed by atoms with Crippen molar-refractivity contribution in [1.29, 1.82) is 0 Å². The molecule has 0 aliphatic heterocycles. The standard InChI is InChI=1S/C21H12BrCl2F4N5O2/c22-9-1-3-11(4-2-9)29-18(34)12-7-15-17(32-19(12)35-8-21(26,27)28)33-20(30-15)31-16-13(23)5-10(25)6-14(16)24/h1-7H,8H2,(H,29,34)(H2,30,31,32,33). The van der Waals surface area contributed by atoms with Crippen LogP contribution in [0.3, 0.4) is 0 Å². The molecule has 1 amide bonds. The highest BCUT2D eigenvalue weighted by Gasteiger charge is 2.30. The highest BCUT2D eigenvalue weighted by molar-refractivity contribution is 9.10. The Morgan fingerprint density at radius 3 is 2.37 bits per heavy atom. The average molecular weight is 593 g/mol. The van der Waals surface area contributed by atoms with E-state index in [1.165, 1.54) is 6.07 Å². The second kappa shape index (κ2) is 9.88. The number of nitrogens with zero attached hydrogens (tertiary/aromatic N) is 2. The summed E-state index contributed by atoms with van der Waals surface area (Å²) in [5.74, 6) is -1.93. The lowest BCUT2D eigenvalue weighted by atomic mass is 10.2. The summed E-state index contributed by atoms with van der Waals surface area (Å²) < 4.78 is 57.4. The van der Waals surface area contributed by atoms with Crippen molar-refractivity contribution in [3.05, 3.63) is 68.4 Å². The highest BCUT2D eigenvalue weighted by Crippen LogP contribution is 2.34. The second-order valence-electron chi connectivity index (χ2n) is 7.03. The summed E-state index contributed by atoms with van der Waals surface area (Å²) >= 11 is 15.3. The number of hydrogen-bond acceptors (Lipinski definition) is 5. The van der Waals surface area contributed by atoms with Crippen molar-refractivity contribution in [3.63, 3.8) is 0 Å². The van der Waals surface area contributed by atoms with Crippen LogP contribution in [0.25, 0.3) is 11.2 Å². The molecule has 2 heterocycles. The molecule has 4 rings (SSSR count). The zero-order chi connectivity index (χ0) is 25.3. The maximum atomic E-state index is 13.4. The fourth-order valence-corrected chi connectivity index (χ4v) is 3.74. The first-order valence-corrected chi connectivity index (χ1v) is 11.1. The Morgan fingerprint density at radius 1 is 1.09 bits per heavy atom. The van der Waals surface area contributed by atoms with Gasteiger partial charge in [0.25, 0.3) is 5.91 Å². The predicted octanol–water partition coefficient (Wildman–Crippen LogP) is 7.10. The Kier molecular flexibility index (Phi) is 7.06. The SMILES string of the molecule is O=C(Nc1ccc(Br)cc1)c1cc2nc(Nc3c(Cl)cc(F)cc3Cl)[nH]c2nc1OCC(F)(F)F. The van der Waals surface area contributed by atoms with Crippen molar-refractivity contribution in [2.45, 2.75) is 6.18 Å². The number of ether oxygens (including phenoxy) is 1. The van der Waals surface area contributed by atoms with Crippen molar-refractivity contribution in [1.82, 2.24) is 15.0 Å². The van der Waals surface area contributed by atoms with E-state index in [2.05, 4.69) is 41.5 Å². The van der Waals surface area contributed by atoms with Crippen molar-refractivity contribution in [2.24, 2.45) is 0 Å². The first-order valence-electron chi connectivity index (χ1n) is 9.57. The number of carbonyl (C=O) groups excluding carboxylic acids is 1. The Morgan fingerprint density at radius 2 is 1.74 bits per heavy atom. The predicted molar refractivity (Wildman–Crippen MR) is 127 cm³/mol. The van der Waals surface area contributed by atoms with Crippen LogP contribution in [0.2, 0.25) is 10.0 Å². The van der Waals surface area contributed by atoms with Crippen LogP contribution in [-0.2, 0) is 0 Å². The number of imidazole rings is 1. The van der Waals surface area contributed by atoms with E-state index < -0.39 is 30.4 Å². The fraction of sp³-hybridized carbons (Fsp3) is 0.0952. The van der Waals surface area contributed by atoms with Gasteiger partial charge in [-0.05, 0) is 42.5 Å². The molecular weight excluding hydrogens is 581 g/mol. The van der Waals surface area contributed by atoms with Gasteiger partial charge in [0.15, 0.2) is 12.3 Å². The third kappa shape index (κ3) is 6.13. The average Bonchev–Trinajstić information content (AvgIpc) is 3.16. The van der Waals surface area contributed by atoms with Gasteiger partial charge in [0.2, 0.25) is 11.8 Å². The Hall–Kier alpha value is -3.09. The number of carbonyl (C=O) groups is 1. The minimum absolute atomic E-state index is 0.0132. The number of hydrogen-bond donors (Lipinski definition) is 3. The minimum atomic E-state index is -4.66. The summed E-state index contributed by atoms with van der Waals surface area (Å²) in [5, 5.41) is 5.26. The lowest BCUT2D eigenvalue weighted by Crippen LogP contribution is -2.22. The quantitative estimate of drug-likeness (QED) is 0.208. The number of nitrogens with one attached hydrogen (secondary N) is 3. The van der Waals surface area contributed by atoms with Crippen molar-refractivity contribution >= 4 is 73.5 Å². The zero-order valence-corrected chi connectivity index (χ0v) is 20.2. The van der Waals surface area contributed by atoms with E-state index in [4.69, 9.17) is 27.9 Å². The van der Waals surface area contributed by atoms with Crippen molar-refractivity contribution < 1.29 is 27.1 Å². The van der Waals surface area contributed by atoms with E-state index in [1.54, 1.807) is 24.3 Å². The molecule has 14 heteroatoms. The summed E-state index contributed by atoms with van der Waals surface area (Å²) in [6, 6.07) is 9.82. The molecule has 0 bridgehead atoms. The molecular formula is C21H12BrCl2F4N5O2. The number of rotatable bonds is 6. The van der Waals surface area contributed by atoms with Gasteiger partial charge in [0.1, 0.15) is 16.9 Å². The topological polar surface area (TPSA) is 91.9 Å². The molecule has 0 saturated carbocycles. The smallest absolute Gasteiger partial charge is 0.422 e. The number of amides is 1. The van der Waals surface area contributed by atoms with E-state index >= 15 is 0 Å². The maximum absolute atomic E-state index is 13.4. The van der Waals surface area contributed by atoms with E-state index in [-0.39, 0.29) is 38.4 Å². The Balaban J connectivity index is 1.70. The monoisotopic (exact) mass is 591 g/mol. The minimum Gasteiger partial charge on any atom is -0.467 e. The fourth-order valence-electron chi connectivity index (χ4n) is 2.92. The van der Waals surface area contributed by atoms with Crippen LogP contribution in [0.4, 0.5) is 34.9 Å². The van der Waals surface area contributed by atoms with E-state index in [0.29, 0.717) is 5.69 Å². The Labute approximate surface area is 212 Å². The second-order valence-corrected chi connectivity index (χ2v) is 8.76. The molecule has 0 atom stereocenters. The van der Waals surface area contributed by atoms with Gasteiger partial charge in [-0.15, -0.1) is 0 Å². The van der Waals surface area contributed by atoms with Crippen LogP contribution >= 0.6 is 39.1 Å². The molecule has 0 aliphatic rings. The Bertz CT molecular complexity index is 1390. The van der Waals surface area contributed by atoms with Gasteiger partial charge in [0.05, 0.1) is 15.7 Å². The molecule has 0 spiro atoms. The largest absolute Gasteiger partial charge is 0.467 e. The molecule has 0 aliphatic carbocycles. The molecule has 2 aromatic carbocycles. The number of halogens is 7. The molecule has 7 nitrogen and oxygen atoms in total. The lowest BCUT2D eigenvalue weighted by Gasteiger charge is -2.12. The summed E-state index contributed by atoms with van der Waals surface area (Å²) in [6.45, 7) is -1.66. The van der Waals surface area contributed by atoms with Gasteiger partial charge in [-0.1, -0.05) is 39.1 Å². The molecule has 182 valence electrons. The molecule has 35 heavy (non-hydrogen) atoms. The van der Waals surface area contributed by atoms with E-state index in [1.807, 2.05) is 0 Å². The number of benzene rings is 2. The van der Waals surface area contributed by atoms with Gasteiger partial charge >= 0.3 is 6.18 Å². The molecule has 0 unspecified atom stereocenters. The first kappa shape index (κ1) is 25.0. The number of alkyl halides is 3. The lowest BCUT2D eigenvalue weighted by molar-refractivity contribution is -0.154. The van der Waals surface area contributed by atoms with Gasteiger partial charge in [-0.25, -0.2) is 9.37 Å². The zero-order valence-electron chi connectivity index (χ0n) is 17.1. The van der Waals surface area contributed by atoms with Gasteiger partial charge in [-0.3, -0.25) is 4.79 Å². The normalized spacial score (nSPS) is 11.5. The van der Waals surface area contributed by atoms with Crippen LogP contribution in [-0.4, -0.2) is 33.6 Å². The summed E-state index contributed by atoms with van der Waals surface area (Å²) in [6.07, 6.45) is -4.66. The maximum Gasteiger partial charge on any atom is 0.422 e. The first-order chi connectivity index (χ1) is 16.5. The highest BCUT2D eigenvalue weighted by atomic mass is 79.9. The van der Waals surface area contributed by atoms with Crippen LogP contribution in [0.15, 0.2) is 46.9 Å². The number of fused-ring (bicyclic) bond motifs is 1. The molecule has 0 fully saturated rings. The summed E-state index contributed by atoms with van der Waals surface area (Å²) in [7, 11) is 0. The molecule has 0 radical (unpaired) electrons. The van der Waals surface area contributed by atoms with Gasteiger partial charge < -0.3 is 20.4 Å². The molecule has 2 aromatic heterocycles. The number of aromatic amines is 1. The van der Waals surface area contributed by atoms with Gasteiger partial charge in [-0.2, -0.15) is 18.2 Å². The van der Waals surface area contributed by atoms with Crippen molar-refractivity contribution in [2.75, 3.05) is 17.2 Å². The summed E-state index contributed by atoms with van der Waals surface area (Å²) in [5.41, 5.74) is 0.391. The van der Waals surface area contributed by atoms with E-state index in [9.17, 15) is 22.4 Å². The van der Waals surface area contributed by atoms with Gasteiger partial charge in [0, 0.05) is 10.2 Å². The number of aromatic nitrogens is 3. The van der Waals surface area contributed by atoms with Crippen LogP contribution in [0.5, 0.6) is 5.88 Å². The third-order valence-electron chi connectivity index (χ3n) is 4.41. The van der Waals surface area contributed by atoms with Crippen molar-refractivity contribution in [3.8, 4) is 5.88 Å². The number of H-pyrrole nitrogens is 1. The van der Waals surface area contributed by atoms with Crippen LogP contribution in [0, 0.1) is 5.82 Å². The van der Waals surface area contributed by atoms with E-state index in [0.717, 1.165) is 16.6 Å². The molecule has 0 saturated heterocycles. The summed E-state index contributed by atoms with van der Waals surface area (Å²) in [4.78, 5) is 23.8. The number of anilines is 3. The molecule has 3 N–H and O–H groups in total. The molecule has 4 aromatic rings. The van der Waals surface area contributed by atoms with Crippen LogP contribution in [0.1, 0.15) is 10.4 Å². The van der Waals surface area contributed by atoms with Crippen LogP contribution < -0.4 is 15.4 Å². The third-order valence-corrected chi connectivity index (χ3v) is 5.53.